The van der Waals surface area contributed by atoms with Gasteiger partial charge in [0.25, 0.3) is 0 Å². The van der Waals surface area contributed by atoms with Crippen molar-refractivity contribution in [2.45, 2.75) is 99.3 Å². The zero-order valence-corrected chi connectivity index (χ0v) is 20.3. The minimum Gasteiger partial charge on any atom is -0.507 e. The van der Waals surface area contributed by atoms with E-state index in [9.17, 15) is 14.7 Å². The van der Waals surface area contributed by atoms with Crippen LogP contribution in [0, 0.1) is 36.5 Å². The third-order valence-corrected chi connectivity index (χ3v) is 8.51. The van der Waals surface area contributed by atoms with Crippen molar-refractivity contribution in [3.8, 4) is 5.75 Å². The second-order valence-electron chi connectivity index (χ2n) is 11.0. The van der Waals surface area contributed by atoms with Gasteiger partial charge in [-0.05, 0) is 95.8 Å². The van der Waals surface area contributed by atoms with E-state index in [-0.39, 0.29) is 22.5 Å². The van der Waals surface area contributed by atoms with Crippen LogP contribution >= 0.6 is 0 Å². The average molecular weight is 429 g/mol. The minimum absolute atomic E-state index is 0.0892. The summed E-state index contributed by atoms with van der Waals surface area (Å²) in [6.45, 7) is 12.4. The zero-order chi connectivity index (χ0) is 23.0. The number of hydrogen-bond acceptors (Lipinski definition) is 4. The quantitative estimate of drug-likeness (QED) is 0.530. The number of Topliss-reactive ketones (excluding diaryl/α,β-unsaturated/α-hetero) is 1. The summed E-state index contributed by atoms with van der Waals surface area (Å²) in [6.07, 6.45) is 10.5. The molecule has 2 aliphatic carbocycles. The van der Waals surface area contributed by atoms with Crippen molar-refractivity contribution in [2.75, 3.05) is 0 Å². The first-order valence-electron chi connectivity index (χ1n) is 11.9. The smallest absolute Gasteiger partial charge is 0.342 e. The Kier molecular flexibility index (Phi) is 6.88. The molecule has 0 bridgehead atoms. The molecule has 2 unspecified atom stereocenters. The van der Waals surface area contributed by atoms with E-state index >= 15 is 0 Å². The number of allylic oxidation sites excluding steroid dienone is 2. The summed E-state index contributed by atoms with van der Waals surface area (Å²) in [5, 5.41) is 10.5. The normalized spacial score (nSPS) is 30.7. The molecule has 1 aromatic heterocycles. The van der Waals surface area contributed by atoms with Crippen LogP contribution in [-0.4, -0.2) is 10.9 Å². The molecule has 0 radical (unpaired) electrons. The summed E-state index contributed by atoms with van der Waals surface area (Å²) in [6, 6.07) is 0. The van der Waals surface area contributed by atoms with Gasteiger partial charge in [0, 0.05) is 17.9 Å². The van der Waals surface area contributed by atoms with Crippen molar-refractivity contribution in [3.63, 3.8) is 0 Å². The molecule has 1 aromatic rings. The fourth-order valence-corrected chi connectivity index (χ4v) is 6.12. The van der Waals surface area contributed by atoms with Gasteiger partial charge in [-0.1, -0.05) is 25.5 Å². The number of carbonyl (C=O) groups is 1. The summed E-state index contributed by atoms with van der Waals surface area (Å²) >= 11 is 0. The monoisotopic (exact) mass is 428 g/mol. The first-order chi connectivity index (χ1) is 14.5. The van der Waals surface area contributed by atoms with Gasteiger partial charge in [-0.25, -0.2) is 4.79 Å². The summed E-state index contributed by atoms with van der Waals surface area (Å²) in [4.78, 5) is 25.2. The summed E-state index contributed by atoms with van der Waals surface area (Å²) in [5.74, 6) is 1.76. The second kappa shape index (κ2) is 8.96. The van der Waals surface area contributed by atoms with Gasteiger partial charge in [0.05, 0.1) is 5.56 Å². The number of rotatable bonds is 6. The molecule has 3 rings (SSSR count). The topological polar surface area (TPSA) is 67.5 Å². The highest BCUT2D eigenvalue weighted by atomic mass is 16.4. The number of hydrogen-bond donors (Lipinski definition) is 1. The number of carbonyl (C=O) groups excluding carboxylic acids is 1. The molecule has 0 aliphatic heterocycles. The van der Waals surface area contributed by atoms with Crippen LogP contribution < -0.4 is 5.63 Å². The van der Waals surface area contributed by atoms with Crippen molar-refractivity contribution in [3.05, 3.63) is 39.0 Å². The van der Waals surface area contributed by atoms with Crippen molar-refractivity contribution < 1.29 is 14.3 Å². The lowest BCUT2D eigenvalue weighted by Crippen LogP contribution is -2.49. The molecule has 1 N–H and O–H groups in total. The van der Waals surface area contributed by atoms with E-state index in [0.717, 1.165) is 44.9 Å². The van der Waals surface area contributed by atoms with E-state index < -0.39 is 5.63 Å². The Morgan fingerprint density at radius 3 is 2.58 bits per heavy atom. The number of ketones is 1. The number of aromatic hydroxyl groups is 1. The standard InChI is InChI=1S/C27H40O4/c1-17(2)8-7-9-22-23(28)11-10-20-16-26(5,14-15-27(20,22)6)13-12-21-24(29)18(3)19(4)31-25(21)30/h8,20,22,29H,7,9-16H2,1-6H3/t20?,22?,26-,27-/m1/s1. The first kappa shape index (κ1) is 23.8. The lowest BCUT2D eigenvalue weighted by molar-refractivity contribution is -0.139. The van der Waals surface area contributed by atoms with Gasteiger partial charge in [-0.2, -0.15) is 0 Å². The van der Waals surface area contributed by atoms with Crippen LogP contribution in [0.5, 0.6) is 5.75 Å². The van der Waals surface area contributed by atoms with Crippen molar-refractivity contribution >= 4 is 5.78 Å². The maximum Gasteiger partial charge on any atom is 0.342 e. The van der Waals surface area contributed by atoms with Crippen molar-refractivity contribution in [2.24, 2.45) is 22.7 Å². The Morgan fingerprint density at radius 1 is 1.19 bits per heavy atom. The Balaban J connectivity index is 1.72. The zero-order valence-electron chi connectivity index (χ0n) is 20.3. The fraction of sp³-hybridized carbons (Fsp3) is 0.704. The summed E-state index contributed by atoms with van der Waals surface area (Å²) < 4.78 is 5.32. The van der Waals surface area contributed by atoms with Crippen LogP contribution in [0.1, 0.15) is 95.9 Å². The molecule has 0 amide bonds. The second-order valence-corrected chi connectivity index (χ2v) is 11.0. The van der Waals surface area contributed by atoms with Crippen LogP contribution in [0.25, 0.3) is 0 Å². The molecule has 4 atom stereocenters. The molecule has 2 saturated carbocycles. The largest absolute Gasteiger partial charge is 0.507 e. The number of fused-ring (bicyclic) bond motifs is 1. The van der Waals surface area contributed by atoms with E-state index in [2.05, 4.69) is 33.8 Å². The van der Waals surface area contributed by atoms with Crippen LogP contribution in [0.15, 0.2) is 20.9 Å². The molecule has 0 aromatic carbocycles. The van der Waals surface area contributed by atoms with Gasteiger partial charge in [-0.15, -0.1) is 0 Å². The van der Waals surface area contributed by atoms with Crippen molar-refractivity contribution in [1.82, 2.24) is 0 Å². The van der Waals surface area contributed by atoms with Crippen LogP contribution in [-0.2, 0) is 11.2 Å². The van der Waals surface area contributed by atoms with Gasteiger partial charge in [-0.3, -0.25) is 4.79 Å². The van der Waals surface area contributed by atoms with E-state index in [0.29, 0.717) is 41.4 Å². The van der Waals surface area contributed by atoms with Gasteiger partial charge in [0.2, 0.25) is 0 Å². The Morgan fingerprint density at radius 2 is 1.90 bits per heavy atom. The van der Waals surface area contributed by atoms with Crippen molar-refractivity contribution in [1.29, 1.82) is 0 Å². The molecule has 31 heavy (non-hydrogen) atoms. The minimum atomic E-state index is -0.410. The lowest BCUT2D eigenvalue weighted by Gasteiger charge is -2.55. The Hall–Kier alpha value is -1.84. The molecule has 2 fully saturated rings. The van der Waals surface area contributed by atoms with Crippen LogP contribution in [0.3, 0.4) is 0 Å². The molecule has 1 heterocycles. The van der Waals surface area contributed by atoms with Crippen LogP contribution in [0.2, 0.25) is 0 Å². The predicted octanol–water partition coefficient (Wildman–Crippen LogP) is 6.43. The summed E-state index contributed by atoms with van der Waals surface area (Å²) in [5.41, 5.74) is 2.18. The van der Waals surface area contributed by atoms with Gasteiger partial charge >= 0.3 is 5.63 Å². The highest BCUT2D eigenvalue weighted by Gasteiger charge is 2.52. The molecule has 0 saturated heterocycles. The molecular formula is C27H40O4. The lowest BCUT2D eigenvalue weighted by atomic mass is 9.49. The van der Waals surface area contributed by atoms with E-state index in [1.807, 2.05) is 0 Å². The Bertz CT molecular complexity index is 920. The van der Waals surface area contributed by atoms with Gasteiger partial charge < -0.3 is 9.52 Å². The van der Waals surface area contributed by atoms with E-state index in [1.165, 1.54) is 5.57 Å². The highest BCUT2D eigenvalue weighted by molar-refractivity contribution is 5.82. The average Bonchev–Trinajstić information content (AvgIpc) is 2.69. The predicted molar refractivity (Wildman–Crippen MR) is 124 cm³/mol. The molecule has 0 spiro atoms. The Labute approximate surface area is 187 Å². The van der Waals surface area contributed by atoms with E-state index in [1.54, 1.807) is 13.8 Å². The third kappa shape index (κ3) is 4.83. The SMILES string of the molecule is CC(C)=CCCC1C(=O)CCC2C[C@](C)(CCc3c(O)c(C)c(C)oc3=O)CC[C@]21C. The summed E-state index contributed by atoms with van der Waals surface area (Å²) in [7, 11) is 0. The fourth-order valence-electron chi connectivity index (χ4n) is 6.12. The molecule has 4 heteroatoms. The third-order valence-electron chi connectivity index (χ3n) is 8.51. The first-order valence-corrected chi connectivity index (χ1v) is 11.9. The molecular weight excluding hydrogens is 388 g/mol. The van der Waals surface area contributed by atoms with Gasteiger partial charge in [0.15, 0.2) is 0 Å². The maximum atomic E-state index is 12.8. The maximum absolute atomic E-state index is 12.8. The number of aryl methyl sites for hydroxylation is 1. The molecule has 172 valence electrons. The van der Waals surface area contributed by atoms with Crippen LogP contribution in [0.4, 0.5) is 0 Å². The molecule has 2 aliphatic rings. The molecule has 4 nitrogen and oxygen atoms in total. The van der Waals surface area contributed by atoms with Gasteiger partial charge in [0.1, 0.15) is 17.3 Å². The highest BCUT2D eigenvalue weighted by Crippen LogP contribution is 2.58. The van der Waals surface area contributed by atoms with E-state index in [4.69, 9.17) is 4.42 Å².